The standard InChI is InChI=1S/C26H33N5.3ClH.2H2O/c1-20-19-24(25(27)21(2)29-20)28-13-14-30-15-17-31(18-16-30)26(22-9-5-3-6-10-22)23-11-7-4-8-12-23;;;;;/h3-12,19,26H,13-18,27H2,1-2H3,(H,28,29);3*1H;2*1H2. The van der Waals surface area contributed by atoms with E-state index in [1.165, 1.54) is 11.1 Å². The van der Waals surface area contributed by atoms with Gasteiger partial charge in [-0.3, -0.25) is 14.8 Å². The molecule has 0 spiro atoms. The summed E-state index contributed by atoms with van der Waals surface area (Å²) in [6.07, 6.45) is 0. The maximum atomic E-state index is 6.19. The maximum Gasteiger partial charge on any atom is 0.0766 e. The number of hydrogen-bond donors (Lipinski definition) is 2. The van der Waals surface area contributed by atoms with Crippen molar-refractivity contribution in [3.05, 3.63) is 89.2 Å². The van der Waals surface area contributed by atoms with E-state index in [0.29, 0.717) is 6.04 Å². The Balaban J connectivity index is 0. The molecule has 1 aliphatic rings. The van der Waals surface area contributed by atoms with E-state index in [4.69, 9.17) is 5.73 Å². The van der Waals surface area contributed by atoms with Crippen LogP contribution >= 0.6 is 37.2 Å². The highest BCUT2D eigenvalue weighted by molar-refractivity contribution is 5.86. The molecule has 4 rings (SSSR count). The van der Waals surface area contributed by atoms with E-state index in [1.807, 2.05) is 19.9 Å². The molecular weight excluding hydrogens is 521 g/mol. The minimum Gasteiger partial charge on any atom is -0.412 e. The number of halogens is 3. The lowest BCUT2D eigenvalue weighted by Crippen LogP contribution is -2.48. The normalized spacial score (nSPS) is 13.2. The van der Waals surface area contributed by atoms with Crippen molar-refractivity contribution < 1.29 is 11.0 Å². The third-order valence-corrected chi connectivity index (χ3v) is 6.12. The average Bonchev–Trinajstić information content (AvgIpc) is 2.80. The van der Waals surface area contributed by atoms with Crippen molar-refractivity contribution in [1.29, 1.82) is 0 Å². The Bertz CT molecular complexity index is 952. The summed E-state index contributed by atoms with van der Waals surface area (Å²) in [6, 6.07) is 24.1. The Labute approximate surface area is 233 Å². The fraction of sp³-hybridized carbons (Fsp3) is 0.346. The van der Waals surface area contributed by atoms with Gasteiger partial charge in [-0.1, -0.05) is 60.7 Å². The molecule has 7 N–H and O–H groups in total. The second kappa shape index (κ2) is 17.4. The Morgan fingerprint density at radius 3 is 1.83 bits per heavy atom. The second-order valence-electron chi connectivity index (χ2n) is 8.34. The van der Waals surface area contributed by atoms with Gasteiger partial charge in [-0.05, 0) is 31.0 Å². The van der Waals surface area contributed by atoms with Crippen molar-refractivity contribution in [2.24, 2.45) is 0 Å². The molecule has 2 heterocycles. The summed E-state index contributed by atoms with van der Waals surface area (Å²) < 4.78 is 0. The summed E-state index contributed by atoms with van der Waals surface area (Å²) in [4.78, 5) is 9.57. The quantitative estimate of drug-likeness (QED) is 0.456. The number of rotatable bonds is 7. The maximum absolute atomic E-state index is 6.19. The van der Waals surface area contributed by atoms with E-state index in [9.17, 15) is 0 Å². The first-order chi connectivity index (χ1) is 15.1. The highest BCUT2D eigenvalue weighted by Gasteiger charge is 2.26. The molecule has 0 radical (unpaired) electrons. The summed E-state index contributed by atoms with van der Waals surface area (Å²) in [7, 11) is 0. The van der Waals surface area contributed by atoms with Crippen LogP contribution in [0.3, 0.4) is 0 Å². The number of aryl methyl sites for hydroxylation is 2. The van der Waals surface area contributed by atoms with Gasteiger partial charge >= 0.3 is 0 Å². The molecular formula is C26H40Cl3N5O2. The molecule has 0 aliphatic carbocycles. The van der Waals surface area contributed by atoms with Crippen LogP contribution in [0.1, 0.15) is 28.6 Å². The molecule has 0 bridgehead atoms. The fourth-order valence-corrected chi connectivity index (χ4v) is 4.46. The number of nitrogens with one attached hydrogen (secondary N) is 1. The van der Waals surface area contributed by atoms with Gasteiger partial charge < -0.3 is 22.0 Å². The molecule has 0 atom stereocenters. The SMILES string of the molecule is Cc1cc(NCCN2CCN(C(c3ccccc3)c3ccccc3)CC2)c(N)c(C)n1.Cl.Cl.Cl.O.O. The van der Waals surface area contributed by atoms with Gasteiger partial charge in [-0.15, -0.1) is 37.2 Å². The molecule has 1 saturated heterocycles. The zero-order valence-corrected chi connectivity index (χ0v) is 23.3. The highest BCUT2D eigenvalue weighted by atomic mass is 35.5. The molecule has 202 valence electrons. The average molecular weight is 561 g/mol. The van der Waals surface area contributed by atoms with Gasteiger partial charge in [0.25, 0.3) is 0 Å². The Morgan fingerprint density at radius 2 is 1.33 bits per heavy atom. The van der Waals surface area contributed by atoms with Gasteiger partial charge in [0.15, 0.2) is 0 Å². The molecule has 36 heavy (non-hydrogen) atoms. The molecule has 0 saturated carbocycles. The van der Waals surface area contributed by atoms with Crippen LogP contribution in [0, 0.1) is 13.8 Å². The minimum atomic E-state index is 0. The lowest BCUT2D eigenvalue weighted by atomic mass is 9.96. The van der Waals surface area contributed by atoms with E-state index < -0.39 is 0 Å². The van der Waals surface area contributed by atoms with Crippen molar-refractivity contribution in [3.8, 4) is 0 Å². The zero-order valence-electron chi connectivity index (χ0n) is 20.8. The highest BCUT2D eigenvalue weighted by Crippen LogP contribution is 2.29. The van der Waals surface area contributed by atoms with E-state index in [1.54, 1.807) is 0 Å². The number of nitrogens with zero attached hydrogens (tertiary/aromatic N) is 3. The molecule has 2 aromatic carbocycles. The molecule has 1 fully saturated rings. The van der Waals surface area contributed by atoms with Gasteiger partial charge in [0.1, 0.15) is 0 Å². The van der Waals surface area contributed by atoms with Crippen LogP contribution in [0.4, 0.5) is 11.4 Å². The van der Waals surface area contributed by atoms with Gasteiger partial charge in [0, 0.05) is 45.0 Å². The first-order valence-electron chi connectivity index (χ1n) is 11.2. The largest absolute Gasteiger partial charge is 0.412 e. The third kappa shape index (κ3) is 9.09. The molecule has 1 aliphatic heterocycles. The Morgan fingerprint density at radius 1 is 0.833 bits per heavy atom. The number of hydrogen-bond acceptors (Lipinski definition) is 5. The zero-order chi connectivity index (χ0) is 21.6. The molecule has 10 heteroatoms. The molecule has 0 amide bonds. The van der Waals surface area contributed by atoms with Gasteiger partial charge in [-0.25, -0.2) is 0 Å². The van der Waals surface area contributed by atoms with Crippen LogP contribution in [-0.4, -0.2) is 65.0 Å². The summed E-state index contributed by atoms with van der Waals surface area (Å²) in [5.41, 5.74) is 12.6. The van der Waals surface area contributed by atoms with E-state index in [2.05, 4.69) is 80.8 Å². The minimum absolute atomic E-state index is 0. The van der Waals surface area contributed by atoms with Crippen LogP contribution in [0.25, 0.3) is 0 Å². The van der Waals surface area contributed by atoms with E-state index in [-0.39, 0.29) is 48.2 Å². The van der Waals surface area contributed by atoms with Crippen LogP contribution < -0.4 is 11.1 Å². The molecule has 7 nitrogen and oxygen atoms in total. The van der Waals surface area contributed by atoms with Crippen molar-refractivity contribution in [3.63, 3.8) is 0 Å². The molecule has 1 aromatic heterocycles. The van der Waals surface area contributed by atoms with Gasteiger partial charge in [0.2, 0.25) is 0 Å². The van der Waals surface area contributed by atoms with Crippen LogP contribution in [0.15, 0.2) is 66.7 Å². The smallest absolute Gasteiger partial charge is 0.0766 e. The molecule has 0 unspecified atom stereocenters. The number of anilines is 2. The topological polar surface area (TPSA) is 120 Å². The first kappa shape index (κ1) is 36.1. The van der Waals surface area contributed by atoms with Gasteiger partial charge in [-0.2, -0.15) is 0 Å². The monoisotopic (exact) mass is 559 g/mol. The first-order valence-corrected chi connectivity index (χ1v) is 11.2. The summed E-state index contributed by atoms with van der Waals surface area (Å²) in [5.74, 6) is 0. The Hall–Kier alpha value is -2.10. The number of nitrogen functional groups attached to an aromatic ring is 1. The van der Waals surface area contributed by atoms with Crippen molar-refractivity contribution in [2.45, 2.75) is 19.9 Å². The van der Waals surface area contributed by atoms with Crippen molar-refractivity contribution in [2.75, 3.05) is 50.3 Å². The lowest BCUT2D eigenvalue weighted by Gasteiger charge is -2.40. The summed E-state index contributed by atoms with van der Waals surface area (Å²) >= 11 is 0. The number of benzene rings is 2. The van der Waals surface area contributed by atoms with Crippen LogP contribution in [-0.2, 0) is 0 Å². The van der Waals surface area contributed by atoms with E-state index in [0.717, 1.165) is 62.0 Å². The summed E-state index contributed by atoms with van der Waals surface area (Å²) in [5, 5.41) is 3.51. The fourth-order valence-electron chi connectivity index (χ4n) is 4.46. The molecule has 3 aromatic rings. The number of pyridine rings is 1. The number of aromatic nitrogens is 1. The van der Waals surface area contributed by atoms with Crippen molar-refractivity contribution >= 4 is 48.6 Å². The second-order valence-corrected chi connectivity index (χ2v) is 8.34. The van der Waals surface area contributed by atoms with Crippen molar-refractivity contribution in [1.82, 2.24) is 14.8 Å². The Kier molecular flexibility index (Phi) is 17.4. The third-order valence-electron chi connectivity index (χ3n) is 6.12. The lowest BCUT2D eigenvalue weighted by molar-refractivity contribution is 0.112. The van der Waals surface area contributed by atoms with Gasteiger partial charge in [0.05, 0.1) is 23.1 Å². The summed E-state index contributed by atoms with van der Waals surface area (Å²) in [6.45, 7) is 10.1. The predicted molar refractivity (Wildman–Crippen MR) is 158 cm³/mol. The predicted octanol–water partition coefficient (Wildman–Crippen LogP) is 3.72. The van der Waals surface area contributed by atoms with Crippen LogP contribution in [0.5, 0.6) is 0 Å². The number of piperazine rings is 1. The van der Waals surface area contributed by atoms with Crippen LogP contribution in [0.2, 0.25) is 0 Å². The van der Waals surface area contributed by atoms with E-state index >= 15 is 0 Å². The number of nitrogens with two attached hydrogens (primary N) is 1.